The highest BCUT2D eigenvalue weighted by Crippen LogP contribution is 2.22. The molecule has 0 radical (unpaired) electrons. The van der Waals surface area contributed by atoms with E-state index in [1.807, 2.05) is 0 Å². The third-order valence-corrected chi connectivity index (χ3v) is 3.38. The average Bonchev–Trinajstić information content (AvgIpc) is 2.27. The van der Waals surface area contributed by atoms with E-state index in [0.29, 0.717) is 28.0 Å². The van der Waals surface area contributed by atoms with Crippen molar-refractivity contribution in [1.82, 2.24) is 0 Å². The normalized spacial score (nSPS) is 10.4. The van der Waals surface area contributed by atoms with Gasteiger partial charge >= 0.3 is 0 Å². The first-order valence-corrected chi connectivity index (χ1v) is 6.61. The van der Waals surface area contributed by atoms with Crippen LogP contribution in [0.25, 0.3) is 0 Å². The lowest BCUT2D eigenvalue weighted by molar-refractivity contribution is 0.102. The lowest BCUT2D eigenvalue weighted by atomic mass is 10.1. The zero-order valence-corrected chi connectivity index (χ0v) is 11.2. The Labute approximate surface area is 109 Å². The second-order valence-corrected chi connectivity index (χ2v) is 5.04. The number of hydrogen-bond donors (Lipinski definition) is 0. The van der Waals surface area contributed by atoms with Crippen molar-refractivity contribution in [3.8, 4) is 0 Å². The van der Waals surface area contributed by atoms with E-state index >= 15 is 0 Å². The average molecular weight is 279 g/mol. The van der Waals surface area contributed by atoms with E-state index in [1.165, 1.54) is 11.8 Å². The van der Waals surface area contributed by atoms with E-state index in [9.17, 15) is 4.79 Å². The number of carbonyl (C=O) groups is 1. The number of hydrogen-bond acceptors (Lipinski definition) is 3. The van der Waals surface area contributed by atoms with E-state index in [1.54, 1.807) is 25.3 Å². The number of benzene rings is 1. The third-order valence-electron chi connectivity index (χ3n) is 1.89. The molecule has 0 aliphatic rings. The maximum atomic E-state index is 11.8. The largest absolute Gasteiger partial charge is 0.384 e. The summed E-state index contributed by atoms with van der Waals surface area (Å²) < 4.78 is 4.89. The molecule has 0 amide bonds. The Hall–Kier alpha value is -0.220. The van der Waals surface area contributed by atoms with Crippen molar-refractivity contribution in [1.29, 1.82) is 0 Å². The van der Waals surface area contributed by atoms with Crippen LogP contribution in [0.4, 0.5) is 0 Å². The molecule has 0 N–H and O–H groups in total. The maximum absolute atomic E-state index is 11.8. The van der Waals surface area contributed by atoms with Gasteiger partial charge in [0.25, 0.3) is 0 Å². The number of carbonyl (C=O) groups excluding carboxylic acids is 1. The number of thioether (sulfide) groups is 1. The van der Waals surface area contributed by atoms with E-state index in [-0.39, 0.29) is 5.78 Å². The van der Waals surface area contributed by atoms with Crippen LogP contribution in [0.5, 0.6) is 0 Å². The van der Waals surface area contributed by atoms with Gasteiger partial charge in [0.1, 0.15) is 0 Å². The van der Waals surface area contributed by atoms with Crippen molar-refractivity contribution < 1.29 is 9.53 Å². The Morgan fingerprint density at radius 2 is 2.19 bits per heavy atom. The van der Waals surface area contributed by atoms with Crippen molar-refractivity contribution in [3.05, 3.63) is 33.8 Å². The summed E-state index contributed by atoms with van der Waals surface area (Å²) in [6.07, 6.45) is 0. The van der Waals surface area contributed by atoms with Crippen LogP contribution in [0, 0.1) is 0 Å². The molecule has 0 unspecified atom stereocenters. The summed E-state index contributed by atoms with van der Waals surface area (Å²) in [5.74, 6) is 1.18. The molecule has 0 aliphatic carbocycles. The topological polar surface area (TPSA) is 26.3 Å². The molecule has 0 aliphatic heterocycles. The highest BCUT2D eigenvalue weighted by atomic mass is 35.5. The molecule has 0 fully saturated rings. The van der Waals surface area contributed by atoms with Gasteiger partial charge in [-0.3, -0.25) is 4.79 Å². The summed E-state index contributed by atoms with van der Waals surface area (Å²) in [5, 5.41) is 0.969. The van der Waals surface area contributed by atoms with Crippen LogP contribution < -0.4 is 0 Å². The van der Waals surface area contributed by atoms with Crippen molar-refractivity contribution in [2.45, 2.75) is 0 Å². The smallest absolute Gasteiger partial charge is 0.174 e. The van der Waals surface area contributed by atoms with Gasteiger partial charge in [-0.1, -0.05) is 23.2 Å². The van der Waals surface area contributed by atoms with Crippen molar-refractivity contribution in [2.24, 2.45) is 0 Å². The molecular formula is C11H12Cl2O2S. The molecule has 0 spiro atoms. The summed E-state index contributed by atoms with van der Waals surface area (Å²) in [6.45, 7) is 0.640. The molecule has 1 aromatic rings. The number of ether oxygens (including phenoxy) is 1. The zero-order chi connectivity index (χ0) is 12.0. The molecule has 0 saturated carbocycles. The standard InChI is InChI=1S/C11H12Cl2O2S/c1-15-4-5-16-7-11(14)9-6-8(12)2-3-10(9)13/h2-3,6H,4-5,7H2,1H3. The van der Waals surface area contributed by atoms with E-state index in [0.717, 1.165) is 5.75 Å². The first-order valence-electron chi connectivity index (χ1n) is 4.70. The zero-order valence-electron chi connectivity index (χ0n) is 8.83. The predicted octanol–water partition coefficient (Wildman–Crippen LogP) is 3.56. The van der Waals surface area contributed by atoms with Gasteiger partial charge in [0, 0.05) is 23.4 Å². The number of ketones is 1. The predicted molar refractivity (Wildman–Crippen MR) is 70.0 cm³/mol. The summed E-state index contributed by atoms with van der Waals surface area (Å²) in [7, 11) is 1.64. The molecular weight excluding hydrogens is 267 g/mol. The Kier molecular flexibility index (Phi) is 6.21. The molecule has 0 bridgehead atoms. The summed E-state index contributed by atoms with van der Waals surface area (Å²) in [6, 6.07) is 4.90. The van der Waals surface area contributed by atoms with Crippen LogP contribution in [-0.4, -0.2) is 31.0 Å². The van der Waals surface area contributed by atoms with Gasteiger partial charge in [-0.2, -0.15) is 11.8 Å². The first kappa shape index (κ1) is 13.8. The molecule has 16 heavy (non-hydrogen) atoms. The fourth-order valence-electron chi connectivity index (χ4n) is 1.10. The van der Waals surface area contributed by atoms with Crippen molar-refractivity contribution in [2.75, 3.05) is 25.2 Å². The summed E-state index contributed by atoms with van der Waals surface area (Å²) in [5.41, 5.74) is 0.485. The molecule has 0 atom stereocenters. The first-order chi connectivity index (χ1) is 7.65. The van der Waals surface area contributed by atoms with E-state index < -0.39 is 0 Å². The maximum Gasteiger partial charge on any atom is 0.174 e. The van der Waals surface area contributed by atoms with Crippen LogP contribution in [0.15, 0.2) is 18.2 Å². The molecule has 2 nitrogen and oxygen atoms in total. The fraction of sp³-hybridized carbons (Fsp3) is 0.364. The van der Waals surface area contributed by atoms with Crippen molar-refractivity contribution in [3.63, 3.8) is 0 Å². The Morgan fingerprint density at radius 1 is 1.44 bits per heavy atom. The van der Waals surface area contributed by atoms with Crippen LogP contribution in [0.2, 0.25) is 10.0 Å². The van der Waals surface area contributed by atoms with Crippen LogP contribution in [0.3, 0.4) is 0 Å². The number of rotatable bonds is 6. The number of methoxy groups -OCH3 is 1. The van der Waals surface area contributed by atoms with E-state index in [2.05, 4.69) is 0 Å². The van der Waals surface area contributed by atoms with Gasteiger partial charge in [0.15, 0.2) is 5.78 Å². The monoisotopic (exact) mass is 278 g/mol. The van der Waals surface area contributed by atoms with Gasteiger partial charge in [-0.05, 0) is 18.2 Å². The highest BCUT2D eigenvalue weighted by molar-refractivity contribution is 8.00. The molecule has 1 aromatic carbocycles. The highest BCUT2D eigenvalue weighted by Gasteiger charge is 2.10. The lowest BCUT2D eigenvalue weighted by Gasteiger charge is -2.04. The van der Waals surface area contributed by atoms with Crippen LogP contribution in [-0.2, 0) is 4.74 Å². The molecule has 0 heterocycles. The second kappa shape index (κ2) is 7.17. The van der Waals surface area contributed by atoms with E-state index in [4.69, 9.17) is 27.9 Å². The molecule has 0 aromatic heterocycles. The molecule has 0 saturated heterocycles. The summed E-state index contributed by atoms with van der Waals surface area (Å²) in [4.78, 5) is 11.8. The number of halogens is 2. The minimum atomic E-state index is -0.00592. The van der Waals surface area contributed by atoms with Gasteiger partial charge in [0.2, 0.25) is 0 Å². The third kappa shape index (κ3) is 4.34. The number of Topliss-reactive ketones (excluding diaryl/α,β-unsaturated/α-hetero) is 1. The Balaban J connectivity index is 2.55. The van der Waals surface area contributed by atoms with Gasteiger partial charge in [0.05, 0.1) is 17.4 Å². The fourth-order valence-corrected chi connectivity index (χ4v) is 2.26. The van der Waals surface area contributed by atoms with Gasteiger partial charge < -0.3 is 4.74 Å². The van der Waals surface area contributed by atoms with Crippen LogP contribution >= 0.6 is 35.0 Å². The molecule has 88 valence electrons. The van der Waals surface area contributed by atoms with Gasteiger partial charge in [-0.25, -0.2) is 0 Å². The minimum Gasteiger partial charge on any atom is -0.384 e. The second-order valence-electron chi connectivity index (χ2n) is 3.09. The van der Waals surface area contributed by atoms with Gasteiger partial charge in [-0.15, -0.1) is 0 Å². The lowest BCUT2D eigenvalue weighted by Crippen LogP contribution is -2.05. The molecule has 1 rings (SSSR count). The summed E-state index contributed by atoms with van der Waals surface area (Å²) >= 11 is 13.2. The Morgan fingerprint density at radius 3 is 2.88 bits per heavy atom. The molecule has 5 heteroatoms. The van der Waals surface area contributed by atoms with Crippen LogP contribution in [0.1, 0.15) is 10.4 Å². The SMILES string of the molecule is COCCSCC(=O)c1cc(Cl)ccc1Cl. The quantitative estimate of drug-likeness (QED) is 0.588. The Bertz CT molecular complexity index is 369. The van der Waals surface area contributed by atoms with Crippen molar-refractivity contribution >= 4 is 40.7 Å². The minimum absolute atomic E-state index is 0.00592.